The molecule has 1 N–H and O–H groups in total. The van der Waals surface area contributed by atoms with Crippen LogP contribution in [0.15, 0.2) is 92.7 Å². The fourth-order valence-electron chi connectivity index (χ4n) is 2.57. The molecular weight excluding hydrogens is 462 g/mol. The second-order valence-electron chi connectivity index (χ2n) is 6.42. The number of carbonyl (C=O) groups excluding carboxylic acids is 1. The summed E-state index contributed by atoms with van der Waals surface area (Å²) in [5, 5.41) is 23.0. The third-order valence-electron chi connectivity index (χ3n) is 4.13. The normalized spacial score (nSPS) is 11.7. The van der Waals surface area contributed by atoms with E-state index in [1.807, 2.05) is 24.3 Å². The van der Waals surface area contributed by atoms with Gasteiger partial charge in [-0.2, -0.15) is 5.10 Å². The van der Waals surface area contributed by atoms with Gasteiger partial charge >= 0.3 is 0 Å². The molecule has 2 aromatic carbocycles. The van der Waals surface area contributed by atoms with Crippen LogP contribution in [0.25, 0.3) is 10.2 Å². The average Bonchev–Trinajstić information content (AvgIpc) is 3.27. The zero-order valence-corrected chi connectivity index (χ0v) is 18.5. The maximum absolute atomic E-state index is 12.3. The molecule has 0 fully saturated rings. The lowest BCUT2D eigenvalue weighted by atomic mass is 10.3. The van der Waals surface area contributed by atoms with Gasteiger partial charge in [0.25, 0.3) is 11.6 Å². The fourth-order valence-corrected chi connectivity index (χ4v) is 4.43. The second kappa shape index (κ2) is 10.5. The van der Waals surface area contributed by atoms with Crippen molar-refractivity contribution < 1.29 is 9.72 Å². The van der Waals surface area contributed by atoms with Crippen molar-refractivity contribution in [1.82, 2.24) is 15.4 Å². The molecule has 2 heterocycles. The molecule has 0 unspecified atom stereocenters. The second-order valence-corrected chi connectivity index (χ2v) is 8.67. The number of hydrogen-bond donors (Lipinski definition) is 1. The van der Waals surface area contributed by atoms with E-state index in [4.69, 9.17) is 0 Å². The van der Waals surface area contributed by atoms with Crippen molar-refractivity contribution >= 4 is 56.4 Å². The molecule has 10 nitrogen and oxygen atoms in total. The highest BCUT2D eigenvalue weighted by Crippen LogP contribution is 2.29. The molecular formula is C21H15N7O3S2. The van der Waals surface area contributed by atoms with E-state index in [1.54, 1.807) is 18.3 Å². The largest absolute Gasteiger partial charge is 0.272 e. The summed E-state index contributed by atoms with van der Waals surface area (Å²) in [6, 6.07) is 16.8. The first-order valence-electron chi connectivity index (χ1n) is 9.50. The van der Waals surface area contributed by atoms with Crippen molar-refractivity contribution in [3.8, 4) is 0 Å². The van der Waals surface area contributed by atoms with Crippen LogP contribution < -0.4 is 5.43 Å². The highest BCUT2D eigenvalue weighted by molar-refractivity contribution is 8.01. The highest BCUT2D eigenvalue weighted by Gasteiger charge is 2.09. The minimum atomic E-state index is -0.495. The zero-order valence-electron chi connectivity index (χ0n) is 16.9. The Balaban J connectivity index is 1.44. The van der Waals surface area contributed by atoms with E-state index in [0.29, 0.717) is 11.3 Å². The Bertz CT molecular complexity index is 1310. The van der Waals surface area contributed by atoms with Gasteiger partial charge in [0.1, 0.15) is 0 Å². The Morgan fingerprint density at radius 3 is 2.67 bits per heavy atom. The number of nitrogens with zero attached hydrogens (tertiary/aromatic N) is 6. The van der Waals surface area contributed by atoms with Crippen LogP contribution in [0.4, 0.5) is 11.4 Å². The Hall–Kier alpha value is -4.03. The topological polar surface area (TPSA) is 135 Å². The molecule has 0 radical (unpaired) electrons. The maximum Gasteiger partial charge on any atom is 0.269 e. The molecule has 0 bridgehead atoms. The number of hydrazone groups is 1. The van der Waals surface area contributed by atoms with Gasteiger partial charge < -0.3 is 0 Å². The summed E-state index contributed by atoms with van der Waals surface area (Å²) >= 11 is 2.84. The van der Waals surface area contributed by atoms with Crippen LogP contribution in [0, 0.1) is 10.1 Å². The van der Waals surface area contributed by atoms with Crippen molar-refractivity contribution in [1.29, 1.82) is 0 Å². The molecule has 33 heavy (non-hydrogen) atoms. The number of non-ortho nitro benzene ring substituents is 1. The van der Waals surface area contributed by atoms with E-state index in [0.717, 1.165) is 14.6 Å². The summed E-state index contributed by atoms with van der Waals surface area (Å²) in [6.07, 6.45) is 3.14. The fraction of sp³-hybridized carbons (Fsp3) is 0.0476. The van der Waals surface area contributed by atoms with Crippen molar-refractivity contribution in [2.75, 3.05) is 5.75 Å². The number of para-hydroxylation sites is 1. The van der Waals surface area contributed by atoms with Crippen LogP contribution in [0.5, 0.6) is 0 Å². The van der Waals surface area contributed by atoms with Crippen LogP contribution in [0.1, 0.15) is 5.56 Å². The van der Waals surface area contributed by atoms with Crippen LogP contribution in [0.3, 0.4) is 0 Å². The summed E-state index contributed by atoms with van der Waals surface area (Å²) in [5.74, 6) is -0.0608. The Morgan fingerprint density at radius 1 is 1.12 bits per heavy atom. The van der Waals surface area contributed by atoms with E-state index in [2.05, 4.69) is 30.7 Å². The predicted molar refractivity (Wildman–Crippen MR) is 127 cm³/mol. The lowest BCUT2D eigenvalue weighted by molar-refractivity contribution is -0.384. The molecule has 0 atom stereocenters. The first-order chi connectivity index (χ1) is 16.1. The molecule has 0 aliphatic carbocycles. The number of fused-ring (bicyclic) bond motifs is 1. The van der Waals surface area contributed by atoms with Crippen LogP contribution in [-0.4, -0.2) is 32.4 Å². The number of rotatable bonds is 7. The molecule has 0 saturated carbocycles. The van der Waals surface area contributed by atoms with Gasteiger partial charge in [-0.25, -0.2) is 10.4 Å². The number of nitro groups is 1. The van der Waals surface area contributed by atoms with Gasteiger partial charge in [0.2, 0.25) is 5.84 Å². The van der Waals surface area contributed by atoms with Crippen molar-refractivity contribution in [3.63, 3.8) is 0 Å². The number of thioether (sulfide) groups is 1. The third-order valence-corrected chi connectivity index (χ3v) is 6.31. The van der Waals surface area contributed by atoms with Gasteiger partial charge in [-0.15, -0.1) is 21.6 Å². The summed E-state index contributed by atoms with van der Waals surface area (Å²) in [5.41, 5.74) is 4.27. The molecule has 4 rings (SSSR count). The van der Waals surface area contributed by atoms with Gasteiger partial charge in [0.15, 0.2) is 4.34 Å². The number of amidine groups is 1. The number of nitro benzene ring substituents is 1. The first-order valence-corrected chi connectivity index (χ1v) is 11.3. The van der Waals surface area contributed by atoms with Crippen molar-refractivity contribution in [2.45, 2.75) is 4.34 Å². The quantitative estimate of drug-likeness (QED) is 0.0999. The van der Waals surface area contributed by atoms with E-state index >= 15 is 0 Å². The van der Waals surface area contributed by atoms with Gasteiger partial charge in [-0.05, 0) is 36.4 Å². The SMILES string of the molecule is O=C(CSc1nc2ccccc2s1)N/N=C(/N=Nc1ccc([N+](=O)[O-])cc1)c1cccnc1. The van der Waals surface area contributed by atoms with Gasteiger partial charge in [0, 0.05) is 30.1 Å². The minimum Gasteiger partial charge on any atom is -0.272 e. The molecule has 12 heteroatoms. The highest BCUT2D eigenvalue weighted by atomic mass is 32.2. The Morgan fingerprint density at radius 2 is 1.94 bits per heavy atom. The predicted octanol–water partition coefficient (Wildman–Crippen LogP) is 4.95. The number of pyridine rings is 1. The number of hydrogen-bond acceptors (Lipinski definition) is 9. The number of thiazole rings is 1. The summed E-state index contributed by atoms with van der Waals surface area (Å²) < 4.78 is 1.85. The number of nitrogens with one attached hydrogen (secondary N) is 1. The van der Waals surface area contributed by atoms with Crippen LogP contribution in [-0.2, 0) is 4.79 Å². The zero-order chi connectivity index (χ0) is 23.0. The van der Waals surface area contributed by atoms with Gasteiger partial charge in [-0.1, -0.05) is 23.9 Å². The van der Waals surface area contributed by atoms with Crippen LogP contribution >= 0.6 is 23.1 Å². The molecule has 4 aromatic rings. The van der Waals surface area contributed by atoms with Crippen molar-refractivity contribution in [3.05, 3.63) is 88.7 Å². The standard InChI is InChI=1S/C21H15N7O3S2/c29-19(13-32-21-23-17-5-1-2-6-18(17)33-21)25-27-20(14-4-3-11-22-12-14)26-24-15-7-9-16(10-8-15)28(30)31/h1-12H,13H2,(H,25,29)/b26-24?,27-20+. The molecule has 0 aliphatic heterocycles. The Labute approximate surface area is 195 Å². The van der Waals surface area contributed by atoms with Crippen LogP contribution in [0.2, 0.25) is 0 Å². The molecule has 0 saturated heterocycles. The van der Waals surface area contributed by atoms with E-state index in [-0.39, 0.29) is 23.2 Å². The number of amides is 1. The maximum atomic E-state index is 12.3. The lowest BCUT2D eigenvalue weighted by Crippen LogP contribution is -2.21. The number of benzene rings is 2. The number of carbonyl (C=O) groups is 1. The van der Waals surface area contributed by atoms with Crippen molar-refractivity contribution in [2.24, 2.45) is 15.3 Å². The third kappa shape index (κ3) is 6.02. The molecule has 164 valence electrons. The van der Waals surface area contributed by atoms with E-state index < -0.39 is 4.92 Å². The molecule has 2 aromatic heterocycles. The van der Waals surface area contributed by atoms with E-state index in [9.17, 15) is 14.9 Å². The minimum absolute atomic E-state index is 0.0482. The summed E-state index contributed by atoms with van der Waals surface area (Å²) in [7, 11) is 0. The Kier molecular flexibility index (Phi) is 7.07. The van der Waals surface area contributed by atoms with E-state index in [1.165, 1.54) is 53.6 Å². The lowest BCUT2D eigenvalue weighted by Gasteiger charge is -2.02. The monoisotopic (exact) mass is 477 g/mol. The smallest absolute Gasteiger partial charge is 0.269 e. The molecule has 1 amide bonds. The first kappa shape index (κ1) is 22.2. The summed E-state index contributed by atoms with van der Waals surface area (Å²) in [4.78, 5) is 31.1. The molecule has 0 spiro atoms. The van der Waals surface area contributed by atoms with Gasteiger partial charge in [0.05, 0.1) is 26.6 Å². The number of azo groups is 1. The average molecular weight is 478 g/mol. The number of aromatic nitrogens is 2. The summed E-state index contributed by atoms with van der Waals surface area (Å²) in [6.45, 7) is 0. The van der Waals surface area contributed by atoms with Gasteiger partial charge in [-0.3, -0.25) is 19.9 Å². The molecule has 0 aliphatic rings.